The highest BCUT2D eigenvalue weighted by Crippen LogP contribution is 2.44. The number of benzene rings is 3. The molecule has 0 saturated carbocycles. The Bertz CT molecular complexity index is 1200. The number of aryl methyl sites for hydroxylation is 1. The highest BCUT2D eigenvalue weighted by atomic mass is 19.1. The van der Waals surface area contributed by atoms with Gasteiger partial charge >= 0.3 is 5.97 Å². The lowest BCUT2D eigenvalue weighted by Gasteiger charge is -2.34. The number of halogens is 1. The third kappa shape index (κ3) is 7.10. The number of methoxy groups -OCH3 is 3. The van der Waals surface area contributed by atoms with Crippen LogP contribution in [0.25, 0.3) is 11.1 Å². The molecule has 0 N–H and O–H groups in total. The minimum absolute atomic E-state index is 0.188. The molecule has 6 heteroatoms. The molecule has 0 aliphatic carbocycles. The van der Waals surface area contributed by atoms with E-state index >= 15 is 4.39 Å². The lowest BCUT2D eigenvalue weighted by atomic mass is 9.77. The summed E-state index contributed by atoms with van der Waals surface area (Å²) in [4.78, 5) is 11.5. The smallest absolute Gasteiger partial charge is 0.305 e. The summed E-state index contributed by atoms with van der Waals surface area (Å²) in [7, 11) is 4.65. The lowest BCUT2D eigenvalue weighted by molar-refractivity contribution is -0.140. The zero-order valence-corrected chi connectivity index (χ0v) is 22.6. The van der Waals surface area contributed by atoms with Gasteiger partial charge in [0, 0.05) is 19.1 Å². The van der Waals surface area contributed by atoms with E-state index in [-0.39, 0.29) is 23.3 Å². The first kappa shape index (κ1) is 28.2. The highest BCUT2D eigenvalue weighted by Gasteiger charge is 2.32. The first-order valence-corrected chi connectivity index (χ1v) is 12.5. The molecule has 0 saturated heterocycles. The molecule has 1 unspecified atom stereocenters. The van der Waals surface area contributed by atoms with Crippen LogP contribution in [0.2, 0.25) is 0 Å². The molecule has 0 aliphatic heterocycles. The van der Waals surface area contributed by atoms with Crippen LogP contribution in [0.15, 0.2) is 60.7 Å². The second-order valence-electron chi connectivity index (χ2n) is 9.74. The summed E-state index contributed by atoms with van der Waals surface area (Å²) in [5, 5.41) is 0. The van der Waals surface area contributed by atoms with Crippen LogP contribution in [-0.2, 0) is 27.3 Å². The van der Waals surface area contributed by atoms with Crippen molar-refractivity contribution >= 4 is 5.97 Å². The van der Waals surface area contributed by atoms with Crippen molar-refractivity contribution in [3.05, 3.63) is 83.2 Å². The van der Waals surface area contributed by atoms with Crippen LogP contribution in [-0.4, -0.2) is 27.3 Å². The van der Waals surface area contributed by atoms with Gasteiger partial charge in [0.1, 0.15) is 23.9 Å². The summed E-state index contributed by atoms with van der Waals surface area (Å²) in [6.45, 7) is 6.75. The monoisotopic (exact) mass is 508 g/mol. The summed E-state index contributed by atoms with van der Waals surface area (Å²) < 4.78 is 37.2. The Balaban J connectivity index is 1.94. The Morgan fingerprint density at radius 3 is 2.38 bits per heavy atom. The fourth-order valence-electron chi connectivity index (χ4n) is 4.36. The molecule has 198 valence electrons. The molecule has 37 heavy (non-hydrogen) atoms. The van der Waals surface area contributed by atoms with Crippen molar-refractivity contribution in [2.45, 2.75) is 52.7 Å². The molecule has 0 amide bonds. The van der Waals surface area contributed by atoms with Crippen LogP contribution in [0.1, 0.15) is 56.4 Å². The van der Waals surface area contributed by atoms with Crippen molar-refractivity contribution in [2.24, 2.45) is 5.41 Å². The van der Waals surface area contributed by atoms with Gasteiger partial charge in [-0.2, -0.15) is 0 Å². The predicted octanol–water partition coefficient (Wildman–Crippen LogP) is 7.31. The van der Waals surface area contributed by atoms with Crippen molar-refractivity contribution in [3.8, 4) is 22.6 Å². The van der Waals surface area contributed by atoms with Crippen molar-refractivity contribution < 1.29 is 28.1 Å². The maximum absolute atomic E-state index is 15.0. The summed E-state index contributed by atoms with van der Waals surface area (Å²) in [6, 6.07) is 18.4. The fourth-order valence-corrected chi connectivity index (χ4v) is 4.36. The van der Waals surface area contributed by atoms with Crippen molar-refractivity contribution in [3.63, 3.8) is 0 Å². The Kier molecular flexibility index (Phi) is 9.70. The number of ether oxygens (including phenoxy) is 4. The van der Waals surface area contributed by atoms with Gasteiger partial charge < -0.3 is 18.9 Å². The van der Waals surface area contributed by atoms with Gasteiger partial charge in [0.05, 0.1) is 20.3 Å². The third-order valence-corrected chi connectivity index (χ3v) is 6.87. The van der Waals surface area contributed by atoms with Crippen LogP contribution >= 0.6 is 0 Å². The zero-order valence-electron chi connectivity index (χ0n) is 22.6. The minimum atomic E-state index is -0.320. The van der Waals surface area contributed by atoms with Gasteiger partial charge in [0.25, 0.3) is 0 Å². The molecule has 5 nitrogen and oxygen atoms in total. The highest BCUT2D eigenvalue weighted by molar-refractivity contribution is 5.71. The average Bonchev–Trinajstić information content (AvgIpc) is 2.91. The summed E-state index contributed by atoms with van der Waals surface area (Å²) in [5.74, 6) is 0.739. The molecule has 0 aromatic heterocycles. The van der Waals surface area contributed by atoms with Gasteiger partial charge in [0.15, 0.2) is 0 Å². The first-order valence-electron chi connectivity index (χ1n) is 12.5. The van der Waals surface area contributed by atoms with Crippen molar-refractivity contribution in [1.82, 2.24) is 0 Å². The Labute approximate surface area is 219 Å². The van der Waals surface area contributed by atoms with E-state index in [2.05, 4.69) is 20.8 Å². The molecule has 3 aromatic rings. The van der Waals surface area contributed by atoms with Gasteiger partial charge in [0.2, 0.25) is 0 Å². The SMILES string of the molecule is CCC(C)(C)C(OC)c1cc(COc2cccc(CCC(=O)OC)c2)ccc1-c1cc(OC)ccc1F. The largest absolute Gasteiger partial charge is 0.497 e. The maximum Gasteiger partial charge on any atom is 0.305 e. The number of carbonyl (C=O) groups excluding carboxylic acids is 1. The summed E-state index contributed by atoms with van der Waals surface area (Å²) in [6.07, 6.45) is 1.51. The van der Waals surface area contributed by atoms with E-state index in [1.165, 1.54) is 13.2 Å². The van der Waals surface area contributed by atoms with E-state index in [4.69, 9.17) is 18.9 Å². The van der Waals surface area contributed by atoms with E-state index in [1.807, 2.05) is 42.5 Å². The molecule has 0 aliphatic rings. The molecule has 0 heterocycles. The van der Waals surface area contributed by atoms with Gasteiger partial charge in [-0.05, 0) is 76.9 Å². The molecule has 3 aromatic carbocycles. The van der Waals surface area contributed by atoms with Crippen molar-refractivity contribution in [2.75, 3.05) is 21.3 Å². The second-order valence-corrected chi connectivity index (χ2v) is 9.74. The molecular weight excluding hydrogens is 471 g/mol. The van der Waals surface area contributed by atoms with Gasteiger partial charge in [-0.15, -0.1) is 0 Å². The molecule has 0 bridgehead atoms. The third-order valence-electron chi connectivity index (χ3n) is 6.87. The standard InChI is InChI=1S/C31H37FO5/c1-7-31(2,3)30(36-6)27-18-22(11-14-25(27)26-19-23(34-4)13-15-28(26)32)20-37-24-10-8-9-21(17-24)12-16-29(33)35-5/h8-11,13-15,17-19,30H,7,12,16,20H2,1-6H3. The molecule has 3 rings (SSSR count). The summed E-state index contributed by atoms with van der Waals surface area (Å²) >= 11 is 0. The number of rotatable bonds is 12. The second kappa shape index (κ2) is 12.7. The molecule has 0 fully saturated rings. The number of esters is 1. The average molecular weight is 509 g/mol. The summed E-state index contributed by atoms with van der Waals surface area (Å²) in [5.41, 5.74) is 3.88. The Morgan fingerprint density at radius 2 is 1.70 bits per heavy atom. The van der Waals surface area contributed by atoms with Crippen LogP contribution in [0.3, 0.4) is 0 Å². The van der Waals surface area contributed by atoms with E-state index < -0.39 is 0 Å². The molecule has 0 radical (unpaired) electrons. The molecule has 1 atom stereocenters. The molecule has 0 spiro atoms. The van der Waals surface area contributed by atoms with E-state index in [0.29, 0.717) is 36.5 Å². The quantitative estimate of drug-likeness (QED) is 0.240. The number of carbonyl (C=O) groups is 1. The van der Waals surface area contributed by atoms with Crippen LogP contribution in [0.5, 0.6) is 11.5 Å². The van der Waals surface area contributed by atoms with Gasteiger partial charge in [-0.1, -0.05) is 45.0 Å². The van der Waals surface area contributed by atoms with E-state index in [1.54, 1.807) is 26.4 Å². The van der Waals surface area contributed by atoms with Crippen LogP contribution < -0.4 is 9.47 Å². The Hall–Kier alpha value is -3.38. The van der Waals surface area contributed by atoms with Crippen molar-refractivity contribution in [1.29, 1.82) is 0 Å². The lowest BCUT2D eigenvalue weighted by Crippen LogP contribution is -2.24. The molecular formula is C31H37FO5. The zero-order chi connectivity index (χ0) is 27.0. The maximum atomic E-state index is 15.0. The van der Waals surface area contributed by atoms with E-state index in [9.17, 15) is 4.79 Å². The predicted molar refractivity (Wildman–Crippen MR) is 143 cm³/mol. The topological polar surface area (TPSA) is 54.0 Å². The first-order chi connectivity index (χ1) is 17.7. The van der Waals surface area contributed by atoms with E-state index in [0.717, 1.165) is 28.7 Å². The normalized spacial score (nSPS) is 12.2. The van der Waals surface area contributed by atoms with Gasteiger partial charge in [-0.25, -0.2) is 4.39 Å². The van der Waals surface area contributed by atoms with Crippen LogP contribution in [0.4, 0.5) is 4.39 Å². The van der Waals surface area contributed by atoms with Gasteiger partial charge in [-0.3, -0.25) is 4.79 Å². The minimum Gasteiger partial charge on any atom is -0.497 e. The Morgan fingerprint density at radius 1 is 0.919 bits per heavy atom. The number of hydrogen-bond donors (Lipinski definition) is 0. The fraction of sp³-hybridized carbons (Fsp3) is 0.387. The van der Waals surface area contributed by atoms with Crippen LogP contribution in [0, 0.1) is 11.2 Å². The number of hydrogen-bond acceptors (Lipinski definition) is 5.